The van der Waals surface area contributed by atoms with Crippen molar-refractivity contribution in [2.75, 3.05) is 13.2 Å². The number of halogens is 4. The molecule has 0 radical (unpaired) electrons. The van der Waals surface area contributed by atoms with Gasteiger partial charge in [-0.1, -0.05) is 6.92 Å². The van der Waals surface area contributed by atoms with E-state index in [4.69, 9.17) is 4.74 Å². The number of rotatable bonds is 7. The van der Waals surface area contributed by atoms with Crippen molar-refractivity contribution in [3.63, 3.8) is 0 Å². The predicted molar refractivity (Wildman–Crippen MR) is 73.5 cm³/mol. The van der Waals surface area contributed by atoms with Crippen LogP contribution in [-0.4, -0.2) is 19.3 Å². The summed E-state index contributed by atoms with van der Waals surface area (Å²) in [6.45, 7) is 6.26. The minimum absolute atomic E-state index is 0.0149. The summed E-state index contributed by atoms with van der Waals surface area (Å²) >= 11 is 0. The fourth-order valence-corrected chi connectivity index (χ4v) is 1.85. The highest BCUT2D eigenvalue weighted by Crippen LogP contribution is 2.32. The fourth-order valence-electron chi connectivity index (χ4n) is 1.85. The average molecular weight is 307 g/mol. The SMILES string of the molecule is CCCNC(COC(C)C)c1cc(C(F)(F)F)ccc1F. The van der Waals surface area contributed by atoms with Crippen molar-refractivity contribution in [2.24, 2.45) is 0 Å². The molecule has 120 valence electrons. The molecular weight excluding hydrogens is 286 g/mol. The lowest BCUT2D eigenvalue weighted by Gasteiger charge is -2.22. The van der Waals surface area contributed by atoms with Crippen molar-refractivity contribution in [3.8, 4) is 0 Å². The first-order valence-corrected chi connectivity index (χ1v) is 6.97. The minimum atomic E-state index is -4.49. The van der Waals surface area contributed by atoms with Crippen LogP contribution in [-0.2, 0) is 10.9 Å². The van der Waals surface area contributed by atoms with Crippen molar-refractivity contribution in [1.82, 2.24) is 5.32 Å². The molecule has 0 saturated carbocycles. The Morgan fingerprint density at radius 1 is 1.24 bits per heavy atom. The summed E-state index contributed by atoms with van der Waals surface area (Å²) in [5, 5.41) is 3.03. The summed E-state index contributed by atoms with van der Waals surface area (Å²) in [6, 6.07) is 1.86. The highest BCUT2D eigenvalue weighted by molar-refractivity contribution is 5.29. The standard InChI is InChI=1S/C15H21F4NO/c1-4-7-20-14(9-21-10(2)3)12-8-11(15(17,18)19)5-6-13(12)16/h5-6,8,10,14,20H,4,7,9H2,1-3H3. The van der Waals surface area contributed by atoms with Gasteiger partial charge >= 0.3 is 6.18 Å². The molecule has 0 saturated heterocycles. The molecule has 0 aliphatic heterocycles. The van der Waals surface area contributed by atoms with E-state index in [-0.39, 0.29) is 18.3 Å². The molecule has 1 N–H and O–H groups in total. The second-order valence-corrected chi connectivity index (χ2v) is 5.12. The van der Waals surface area contributed by atoms with Crippen molar-refractivity contribution in [3.05, 3.63) is 35.1 Å². The second-order valence-electron chi connectivity index (χ2n) is 5.12. The molecule has 21 heavy (non-hydrogen) atoms. The van der Waals surface area contributed by atoms with Gasteiger partial charge in [-0.25, -0.2) is 4.39 Å². The summed E-state index contributed by atoms with van der Waals surface area (Å²) in [6.07, 6.45) is -3.78. The third-order valence-corrected chi connectivity index (χ3v) is 2.94. The lowest BCUT2D eigenvalue weighted by Crippen LogP contribution is -2.28. The molecule has 0 fully saturated rings. The Kier molecular flexibility index (Phi) is 6.61. The van der Waals surface area contributed by atoms with Crippen molar-refractivity contribution in [2.45, 2.75) is 45.5 Å². The molecule has 1 unspecified atom stereocenters. The van der Waals surface area contributed by atoms with Crippen molar-refractivity contribution in [1.29, 1.82) is 0 Å². The summed E-state index contributed by atoms with van der Waals surface area (Å²) in [4.78, 5) is 0. The molecule has 0 spiro atoms. The highest BCUT2D eigenvalue weighted by atomic mass is 19.4. The Bertz CT molecular complexity index is 446. The zero-order valence-corrected chi connectivity index (χ0v) is 12.4. The van der Waals surface area contributed by atoms with E-state index in [1.807, 2.05) is 20.8 Å². The smallest absolute Gasteiger partial charge is 0.377 e. The summed E-state index contributed by atoms with van der Waals surface area (Å²) in [7, 11) is 0. The largest absolute Gasteiger partial charge is 0.416 e. The first-order valence-electron chi connectivity index (χ1n) is 6.97. The van der Waals surface area contributed by atoms with Crippen LogP contribution in [0.1, 0.15) is 44.4 Å². The van der Waals surface area contributed by atoms with Crippen LogP contribution in [0.2, 0.25) is 0 Å². The zero-order valence-electron chi connectivity index (χ0n) is 12.4. The molecule has 1 aromatic rings. The van der Waals surface area contributed by atoms with Crippen LogP contribution in [0.15, 0.2) is 18.2 Å². The maximum absolute atomic E-state index is 13.9. The van der Waals surface area contributed by atoms with E-state index in [2.05, 4.69) is 5.32 Å². The first-order chi connectivity index (χ1) is 9.75. The van der Waals surface area contributed by atoms with E-state index >= 15 is 0 Å². The molecule has 1 rings (SSSR count). The van der Waals surface area contributed by atoms with Crippen LogP contribution in [0, 0.1) is 5.82 Å². The topological polar surface area (TPSA) is 21.3 Å². The lowest BCUT2D eigenvalue weighted by molar-refractivity contribution is -0.137. The van der Waals surface area contributed by atoms with Gasteiger partial charge in [-0.3, -0.25) is 0 Å². The van der Waals surface area contributed by atoms with Crippen molar-refractivity contribution < 1.29 is 22.3 Å². The van der Waals surface area contributed by atoms with Crippen molar-refractivity contribution >= 4 is 0 Å². The van der Waals surface area contributed by atoms with Crippen LogP contribution in [0.5, 0.6) is 0 Å². The number of alkyl halides is 3. The molecule has 2 nitrogen and oxygen atoms in total. The van der Waals surface area contributed by atoms with E-state index in [9.17, 15) is 17.6 Å². The molecule has 0 amide bonds. The maximum Gasteiger partial charge on any atom is 0.416 e. The molecule has 0 aliphatic rings. The molecule has 1 atom stereocenters. The third-order valence-electron chi connectivity index (χ3n) is 2.94. The second kappa shape index (κ2) is 7.75. The van der Waals surface area contributed by atoms with Crippen LogP contribution in [0.4, 0.5) is 17.6 Å². The van der Waals surface area contributed by atoms with Crippen LogP contribution >= 0.6 is 0 Å². The molecule has 0 heterocycles. The van der Waals surface area contributed by atoms with Crippen LogP contribution < -0.4 is 5.32 Å². The monoisotopic (exact) mass is 307 g/mol. The molecule has 0 aliphatic carbocycles. The quantitative estimate of drug-likeness (QED) is 0.758. The summed E-state index contributed by atoms with van der Waals surface area (Å²) < 4.78 is 57.6. The highest BCUT2D eigenvalue weighted by Gasteiger charge is 2.32. The average Bonchev–Trinajstić information content (AvgIpc) is 2.38. The number of hydrogen-bond donors (Lipinski definition) is 1. The Hall–Kier alpha value is -1.14. The minimum Gasteiger partial charge on any atom is -0.377 e. The number of benzene rings is 1. The molecule has 1 aromatic carbocycles. The molecule has 6 heteroatoms. The van der Waals surface area contributed by atoms with E-state index in [1.54, 1.807) is 0 Å². The normalized spacial score (nSPS) is 13.7. The van der Waals surface area contributed by atoms with Crippen LogP contribution in [0.25, 0.3) is 0 Å². The number of ether oxygens (including phenoxy) is 1. The third kappa shape index (κ3) is 5.63. The van der Waals surface area contributed by atoms with E-state index < -0.39 is 23.6 Å². The van der Waals surface area contributed by atoms with Gasteiger partial charge in [0.15, 0.2) is 0 Å². The van der Waals surface area contributed by atoms with Gasteiger partial charge in [0.05, 0.1) is 24.3 Å². The Morgan fingerprint density at radius 3 is 2.43 bits per heavy atom. The summed E-state index contributed by atoms with van der Waals surface area (Å²) in [5.41, 5.74) is -0.870. The van der Waals surface area contributed by atoms with E-state index in [1.165, 1.54) is 0 Å². The maximum atomic E-state index is 13.9. The number of hydrogen-bond acceptors (Lipinski definition) is 2. The first kappa shape index (κ1) is 17.9. The fraction of sp³-hybridized carbons (Fsp3) is 0.600. The van der Waals surface area contributed by atoms with E-state index in [0.717, 1.165) is 24.6 Å². The van der Waals surface area contributed by atoms with Gasteiger partial charge in [0, 0.05) is 5.56 Å². The lowest BCUT2D eigenvalue weighted by atomic mass is 10.0. The molecule has 0 aromatic heterocycles. The Balaban J connectivity index is 3.04. The van der Waals surface area contributed by atoms with Gasteiger partial charge in [0.1, 0.15) is 5.82 Å². The van der Waals surface area contributed by atoms with Gasteiger partial charge in [-0.15, -0.1) is 0 Å². The number of nitrogens with one attached hydrogen (secondary N) is 1. The van der Waals surface area contributed by atoms with Gasteiger partial charge in [0.2, 0.25) is 0 Å². The molecular formula is C15H21F4NO. The molecule has 0 bridgehead atoms. The van der Waals surface area contributed by atoms with Gasteiger partial charge in [-0.2, -0.15) is 13.2 Å². The van der Waals surface area contributed by atoms with Gasteiger partial charge < -0.3 is 10.1 Å². The Labute approximate surface area is 122 Å². The van der Waals surface area contributed by atoms with Gasteiger partial charge in [-0.05, 0) is 45.0 Å². The summed E-state index contributed by atoms with van der Waals surface area (Å²) in [5.74, 6) is -0.663. The van der Waals surface area contributed by atoms with Crippen LogP contribution in [0.3, 0.4) is 0 Å². The zero-order chi connectivity index (χ0) is 16.0. The Morgan fingerprint density at radius 2 is 1.90 bits per heavy atom. The van der Waals surface area contributed by atoms with E-state index in [0.29, 0.717) is 6.54 Å². The van der Waals surface area contributed by atoms with Gasteiger partial charge in [0.25, 0.3) is 0 Å². The predicted octanol–water partition coefficient (Wildman–Crippen LogP) is 4.31.